The molecule has 166 valence electrons. The summed E-state index contributed by atoms with van der Waals surface area (Å²) in [6.07, 6.45) is 4.63. The highest BCUT2D eigenvalue weighted by molar-refractivity contribution is 6.35. The van der Waals surface area contributed by atoms with E-state index in [2.05, 4.69) is 19.1 Å². The van der Waals surface area contributed by atoms with E-state index >= 15 is 0 Å². The highest BCUT2D eigenvalue weighted by Crippen LogP contribution is 2.45. The fourth-order valence-electron chi connectivity index (χ4n) is 4.05. The summed E-state index contributed by atoms with van der Waals surface area (Å²) < 4.78 is 17.7. The molecule has 0 N–H and O–H groups in total. The molecule has 0 unspecified atom stereocenters. The predicted molar refractivity (Wildman–Crippen MR) is 122 cm³/mol. The number of fused-ring (bicyclic) bond motifs is 2. The Balaban J connectivity index is 1.48. The Kier molecular flexibility index (Phi) is 7.07. The number of halogens is 2. The Morgan fingerprint density at radius 1 is 1.10 bits per heavy atom. The number of nitrogens with zero attached hydrogens (tertiary/aromatic N) is 1. The Bertz CT molecular complexity index is 943. The van der Waals surface area contributed by atoms with Crippen molar-refractivity contribution in [3.8, 4) is 5.75 Å². The third kappa shape index (κ3) is 4.56. The van der Waals surface area contributed by atoms with Crippen LogP contribution in [0.2, 0.25) is 10.0 Å². The van der Waals surface area contributed by atoms with Gasteiger partial charge in [0, 0.05) is 17.1 Å². The number of amides is 1. The van der Waals surface area contributed by atoms with E-state index in [0.29, 0.717) is 48.6 Å². The van der Waals surface area contributed by atoms with Gasteiger partial charge in [-0.1, -0.05) is 42.6 Å². The van der Waals surface area contributed by atoms with E-state index in [4.69, 9.17) is 37.4 Å². The largest absolute Gasteiger partial charge is 0.492 e. The van der Waals surface area contributed by atoms with Gasteiger partial charge in [-0.05, 0) is 61.6 Å². The van der Waals surface area contributed by atoms with Gasteiger partial charge in [-0.25, -0.2) is 0 Å². The standard InChI is InChI=1S/C24H27Cl2NO4/c1-2-3-6-17-7-9-21-19(15-17)24(30-13-5-14-31-24)23(28)27(21)11-4-12-29-22-10-8-18(25)16-20(22)26/h7-10,15-16H,2-6,11-14H2,1H3. The maximum Gasteiger partial charge on any atom is 0.292 e. The molecular weight excluding hydrogens is 437 g/mol. The number of carbonyl (C=O) groups is 1. The van der Waals surface area contributed by atoms with E-state index < -0.39 is 5.79 Å². The van der Waals surface area contributed by atoms with E-state index in [-0.39, 0.29) is 5.91 Å². The second kappa shape index (κ2) is 9.78. The van der Waals surface area contributed by atoms with Crippen molar-refractivity contribution in [3.05, 3.63) is 57.6 Å². The third-order valence-electron chi connectivity index (χ3n) is 5.63. The van der Waals surface area contributed by atoms with Crippen molar-refractivity contribution in [2.24, 2.45) is 0 Å². The van der Waals surface area contributed by atoms with Crippen LogP contribution in [0.3, 0.4) is 0 Å². The van der Waals surface area contributed by atoms with E-state index in [0.717, 1.165) is 36.9 Å². The molecule has 2 heterocycles. The maximum absolute atomic E-state index is 13.4. The van der Waals surface area contributed by atoms with E-state index in [1.807, 2.05) is 6.07 Å². The second-order valence-electron chi connectivity index (χ2n) is 7.86. The number of benzene rings is 2. The topological polar surface area (TPSA) is 48.0 Å². The molecule has 5 nitrogen and oxygen atoms in total. The van der Waals surface area contributed by atoms with Crippen LogP contribution in [0.15, 0.2) is 36.4 Å². The minimum atomic E-state index is -1.31. The summed E-state index contributed by atoms with van der Waals surface area (Å²) in [5, 5.41) is 1.03. The highest BCUT2D eigenvalue weighted by Gasteiger charge is 2.54. The highest BCUT2D eigenvalue weighted by atomic mass is 35.5. The SMILES string of the molecule is CCCCc1ccc2c(c1)C1(OCCCO1)C(=O)N2CCCOc1ccc(Cl)cc1Cl. The zero-order valence-electron chi connectivity index (χ0n) is 17.7. The molecule has 0 aliphatic carbocycles. The van der Waals surface area contributed by atoms with Crippen LogP contribution in [-0.2, 0) is 26.5 Å². The predicted octanol–water partition coefficient (Wildman–Crippen LogP) is 5.74. The lowest BCUT2D eigenvalue weighted by Gasteiger charge is -2.32. The molecule has 1 fully saturated rings. The Morgan fingerprint density at radius 3 is 2.65 bits per heavy atom. The second-order valence-corrected chi connectivity index (χ2v) is 8.70. The summed E-state index contributed by atoms with van der Waals surface area (Å²) in [6, 6.07) is 11.3. The molecule has 0 saturated carbocycles. The summed E-state index contributed by atoms with van der Waals surface area (Å²) in [6.45, 7) is 4.11. The van der Waals surface area contributed by atoms with Crippen molar-refractivity contribution in [3.63, 3.8) is 0 Å². The number of rotatable bonds is 8. The summed E-state index contributed by atoms with van der Waals surface area (Å²) in [5.41, 5.74) is 2.89. The molecule has 2 aromatic carbocycles. The van der Waals surface area contributed by atoms with Gasteiger partial charge in [0.25, 0.3) is 11.7 Å². The van der Waals surface area contributed by atoms with Crippen molar-refractivity contribution in [1.29, 1.82) is 0 Å². The molecule has 0 radical (unpaired) electrons. The molecule has 1 spiro atoms. The van der Waals surface area contributed by atoms with Gasteiger partial charge in [0.2, 0.25) is 0 Å². The fourth-order valence-corrected chi connectivity index (χ4v) is 4.51. The normalized spacial score (nSPS) is 17.3. The molecular formula is C24H27Cl2NO4. The van der Waals surface area contributed by atoms with Crippen LogP contribution in [0.25, 0.3) is 0 Å². The fraction of sp³-hybridized carbons (Fsp3) is 0.458. The van der Waals surface area contributed by atoms with Crippen LogP contribution in [0.4, 0.5) is 5.69 Å². The first-order valence-corrected chi connectivity index (χ1v) is 11.6. The summed E-state index contributed by atoms with van der Waals surface area (Å²) in [5.74, 6) is -0.884. The first-order valence-electron chi connectivity index (χ1n) is 10.9. The molecule has 1 saturated heterocycles. The van der Waals surface area contributed by atoms with Gasteiger partial charge >= 0.3 is 0 Å². The van der Waals surface area contributed by atoms with Crippen molar-refractivity contribution in [2.45, 2.75) is 44.8 Å². The zero-order valence-corrected chi connectivity index (χ0v) is 19.2. The lowest BCUT2D eigenvalue weighted by atomic mass is 10.00. The number of hydrogen-bond acceptors (Lipinski definition) is 4. The van der Waals surface area contributed by atoms with E-state index in [9.17, 15) is 4.79 Å². The minimum Gasteiger partial charge on any atom is -0.492 e. The molecule has 0 aromatic heterocycles. The Labute approximate surface area is 193 Å². The average Bonchev–Trinajstić information content (AvgIpc) is 2.99. The quantitative estimate of drug-likeness (QED) is 0.468. The molecule has 2 aliphatic rings. The van der Waals surface area contributed by atoms with Crippen LogP contribution in [0, 0.1) is 0 Å². The van der Waals surface area contributed by atoms with Crippen molar-refractivity contribution >= 4 is 34.8 Å². The number of hydrogen-bond donors (Lipinski definition) is 0. The minimum absolute atomic E-state index is 0.153. The molecule has 2 aliphatic heterocycles. The molecule has 4 rings (SSSR count). The van der Waals surface area contributed by atoms with Gasteiger partial charge in [-0.2, -0.15) is 0 Å². The Hall–Kier alpha value is -1.79. The van der Waals surface area contributed by atoms with Gasteiger partial charge in [0.1, 0.15) is 5.75 Å². The van der Waals surface area contributed by atoms with Gasteiger partial charge in [-0.15, -0.1) is 0 Å². The average molecular weight is 464 g/mol. The first kappa shape index (κ1) is 22.4. The number of ether oxygens (including phenoxy) is 3. The number of carbonyl (C=O) groups excluding carboxylic acids is 1. The summed E-state index contributed by atoms with van der Waals surface area (Å²) in [7, 11) is 0. The molecule has 0 bridgehead atoms. The maximum atomic E-state index is 13.4. The lowest BCUT2D eigenvalue weighted by Crippen LogP contribution is -2.47. The first-order chi connectivity index (χ1) is 15.0. The monoisotopic (exact) mass is 463 g/mol. The van der Waals surface area contributed by atoms with E-state index in [1.54, 1.807) is 23.1 Å². The van der Waals surface area contributed by atoms with Gasteiger partial charge in [0.15, 0.2) is 0 Å². The molecule has 0 atom stereocenters. The summed E-state index contributed by atoms with van der Waals surface area (Å²) >= 11 is 12.1. The van der Waals surface area contributed by atoms with Crippen LogP contribution in [0.5, 0.6) is 5.75 Å². The molecule has 1 amide bonds. The van der Waals surface area contributed by atoms with Crippen LogP contribution < -0.4 is 9.64 Å². The number of unbranched alkanes of at least 4 members (excludes halogenated alkanes) is 1. The van der Waals surface area contributed by atoms with Gasteiger partial charge < -0.3 is 19.1 Å². The smallest absolute Gasteiger partial charge is 0.292 e. The van der Waals surface area contributed by atoms with Crippen LogP contribution >= 0.6 is 23.2 Å². The van der Waals surface area contributed by atoms with Crippen LogP contribution in [0.1, 0.15) is 43.7 Å². The Morgan fingerprint density at radius 2 is 1.90 bits per heavy atom. The number of anilines is 1. The van der Waals surface area contributed by atoms with Gasteiger partial charge in [0.05, 0.1) is 30.5 Å². The van der Waals surface area contributed by atoms with Crippen molar-refractivity contribution < 1.29 is 19.0 Å². The van der Waals surface area contributed by atoms with Crippen molar-refractivity contribution in [2.75, 3.05) is 31.3 Å². The molecule has 31 heavy (non-hydrogen) atoms. The van der Waals surface area contributed by atoms with Gasteiger partial charge in [-0.3, -0.25) is 4.79 Å². The molecule has 7 heteroatoms. The van der Waals surface area contributed by atoms with Crippen molar-refractivity contribution in [1.82, 2.24) is 0 Å². The zero-order chi connectivity index (χ0) is 21.8. The third-order valence-corrected chi connectivity index (χ3v) is 6.16. The number of aryl methyl sites for hydroxylation is 1. The van der Waals surface area contributed by atoms with E-state index in [1.165, 1.54) is 5.56 Å². The van der Waals surface area contributed by atoms with Crippen LogP contribution in [-0.4, -0.2) is 32.3 Å². The summed E-state index contributed by atoms with van der Waals surface area (Å²) in [4.78, 5) is 15.2. The lowest BCUT2D eigenvalue weighted by molar-refractivity contribution is -0.256. The molecule has 2 aromatic rings.